The van der Waals surface area contributed by atoms with Gasteiger partial charge in [0, 0.05) is 33.9 Å². The number of benzene rings is 2. The summed E-state index contributed by atoms with van der Waals surface area (Å²) in [6.45, 7) is 12.2. The van der Waals surface area contributed by atoms with Gasteiger partial charge < -0.3 is 18.8 Å². The first-order chi connectivity index (χ1) is 18.3. The zero-order chi connectivity index (χ0) is 28.9. The van der Waals surface area contributed by atoms with Gasteiger partial charge in [0.2, 0.25) is 5.91 Å². The van der Waals surface area contributed by atoms with E-state index >= 15 is 0 Å². The molecule has 7 nitrogen and oxygen atoms in total. The average molecular weight is 645 g/mol. The molecule has 0 bridgehead atoms. The summed E-state index contributed by atoms with van der Waals surface area (Å²) in [5.74, 6) is 0.869. The molecule has 1 unspecified atom stereocenters. The lowest BCUT2D eigenvalue weighted by Crippen LogP contribution is -2.42. The number of carbonyl (C=O) groups is 3. The molecule has 0 aliphatic heterocycles. The van der Waals surface area contributed by atoms with Crippen molar-refractivity contribution >= 4 is 52.3 Å². The van der Waals surface area contributed by atoms with Crippen LogP contribution in [0.2, 0.25) is 0 Å². The van der Waals surface area contributed by atoms with Crippen LogP contribution in [0.4, 0.5) is 11.6 Å². The summed E-state index contributed by atoms with van der Waals surface area (Å²) in [5.41, 5.74) is 2.26. The van der Waals surface area contributed by atoms with E-state index in [2.05, 4.69) is 41.8 Å². The number of halogens is 1. The molecular formula is C31H37IN2O5. The van der Waals surface area contributed by atoms with Crippen molar-refractivity contribution < 1.29 is 23.5 Å². The summed E-state index contributed by atoms with van der Waals surface area (Å²) >= 11 is 2.14. The zero-order valence-electron chi connectivity index (χ0n) is 23.6. The topological polar surface area (TPSA) is 88.8 Å². The number of nitrogens with one attached hydrogen (secondary N) is 1. The van der Waals surface area contributed by atoms with Crippen LogP contribution in [0.25, 0.3) is 0 Å². The van der Waals surface area contributed by atoms with Gasteiger partial charge >= 0.3 is 0 Å². The van der Waals surface area contributed by atoms with E-state index in [1.54, 1.807) is 30.2 Å². The molecule has 0 aliphatic carbocycles. The Kier molecular flexibility index (Phi) is 9.98. The van der Waals surface area contributed by atoms with Crippen LogP contribution < -0.4 is 15.0 Å². The van der Waals surface area contributed by atoms with Gasteiger partial charge in [0.1, 0.15) is 17.8 Å². The third kappa shape index (κ3) is 7.50. The molecule has 0 saturated heterocycles. The molecule has 2 aromatic carbocycles. The highest BCUT2D eigenvalue weighted by Crippen LogP contribution is 2.36. The molecule has 1 heterocycles. The molecule has 0 saturated carbocycles. The molecule has 0 fully saturated rings. The summed E-state index contributed by atoms with van der Waals surface area (Å²) in [5, 5.41) is 2.82. The van der Waals surface area contributed by atoms with Gasteiger partial charge in [-0.2, -0.15) is 0 Å². The van der Waals surface area contributed by atoms with E-state index in [1.807, 2.05) is 58.0 Å². The Bertz CT molecular complexity index is 1320. The van der Waals surface area contributed by atoms with Gasteiger partial charge in [-0.1, -0.05) is 52.8 Å². The molecule has 208 valence electrons. The van der Waals surface area contributed by atoms with Gasteiger partial charge in [-0.25, -0.2) is 0 Å². The quantitative estimate of drug-likeness (QED) is 0.190. The molecule has 1 N–H and O–H groups in total. The number of nitrogens with zero attached hydrogens (tertiary/aromatic N) is 1. The number of rotatable bonds is 10. The summed E-state index contributed by atoms with van der Waals surface area (Å²) in [4.78, 5) is 40.2. The van der Waals surface area contributed by atoms with Crippen LogP contribution in [-0.4, -0.2) is 31.8 Å². The van der Waals surface area contributed by atoms with Crippen molar-refractivity contribution in [2.75, 3.05) is 23.9 Å². The minimum absolute atomic E-state index is 0.0240. The van der Waals surface area contributed by atoms with Crippen molar-refractivity contribution in [1.82, 2.24) is 0 Å². The van der Waals surface area contributed by atoms with Crippen LogP contribution in [-0.2, 0) is 16.0 Å². The van der Waals surface area contributed by atoms with Crippen LogP contribution in [0.15, 0.2) is 52.9 Å². The fourth-order valence-corrected chi connectivity index (χ4v) is 5.20. The highest BCUT2D eigenvalue weighted by Gasteiger charge is 2.31. The molecule has 1 aromatic heterocycles. The SMILES string of the molecule is COc1ccc(C(C=O)Cc2ccc(NC(=O)c3c(C)cccc3I)o2)cc1N(CC(C)C)C(=O)C(C)(C)C. The number of amides is 2. The van der Waals surface area contributed by atoms with Gasteiger partial charge in [-0.3, -0.25) is 14.9 Å². The zero-order valence-corrected chi connectivity index (χ0v) is 25.8. The highest BCUT2D eigenvalue weighted by atomic mass is 127. The van der Waals surface area contributed by atoms with Crippen LogP contribution >= 0.6 is 22.6 Å². The van der Waals surface area contributed by atoms with E-state index in [0.717, 1.165) is 21.0 Å². The van der Waals surface area contributed by atoms with Gasteiger partial charge in [0.05, 0.1) is 18.4 Å². The smallest absolute Gasteiger partial charge is 0.259 e. The third-order valence-corrected chi connectivity index (χ3v) is 7.19. The van der Waals surface area contributed by atoms with E-state index in [1.165, 1.54) is 0 Å². The number of furan rings is 1. The fourth-order valence-electron chi connectivity index (χ4n) is 4.32. The molecule has 2 amide bonds. The Morgan fingerprint density at radius 1 is 1.13 bits per heavy atom. The Balaban J connectivity index is 1.87. The summed E-state index contributed by atoms with van der Waals surface area (Å²) in [6.07, 6.45) is 1.17. The number of aldehydes is 1. The minimum Gasteiger partial charge on any atom is -0.495 e. The van der Waals surface area contributed by atoms with Crippen molar-refractivity contribution in [1.29, 1.82) is 0 Å². The molecule has 1 atom stereocenters. The van der Waals surface area contributed by atoms with E-state index in [-0.39, 0.29) is 17.7 Å². The Morgan fingerprint density at radius 2 is 1.85 bits per heavy atom. The van der Waals surface area contributed by atoms with Crippen molar-refractivity contribution in [3.05, 3.63) is 74.6 Å². The summed E-state index contributed by atoms with van der Waals surface area (Å²) < 4.78 is 12.3. The van der Waals surface area contributed by atoms with Crippen LogP contribution in [0.3, 0.4) is 0 Å². The first-order valence-corrected chi connectivity index (χ1v) is 14.0. The molecule has 3 aromatic rings. The number of carbonyl (C=O) groups excluding carboxylic acids is 3. The van der Waals surface area contributed by atoms with Crippen LogP contribution in [0, 0.1) is 21.8 Å². The Morgan fingerprint density at radius 3 is 2.44 bits per heavy atom. The maximum absolute atomic E-state index is 13.4. The monoisotopic (exact) mass is 644 g/mol. The van der Waals surface area contributed by atoms with Gasteiger partial charge in [0.25, 0.3) is 5.91 Å². The molecule has 0 spiro atoms. The maximum Gasteiger partial charge on any atom is 0.259 e. The molecule has 8 heteroatoms. The predicted octanol–water partition coefficient (Wildman–Crippen LogP) is 7.01. The minimum atomic E-state index is -0.592. The number of ether oxygens (including phenoxy) is 1. The second kappa shape index (κ2) is 12.8. The number of hydrogen-bond donors (Lipinski definition) is 1. The number of aryl methyl sites for hydroxylation is 1. The number of hydrogen-bond acceptors (Lipinski definition) is 5. The van der Waals surface area contributed by atoms with E-state index in [0.29, 0.717) is 41.6 Å². The highest BCUT2D eigenvalue weighted by molar-refractivity contribution is 14.1. The maximum atomic E-state index is 13.4. The largest absolute Gasteiger partial charge is 0.495 e. The van der Waals surface area contributed by atoms with Crippen LogP contribution in [0.5, 0.6) is 5.75 Å². The number of methoxy groups -OCH3 is 1. The van der Waals surface area contributed by atoms with Crippen LogP contribution in [0.1, 0.15) is 67.8 Å². The first kappa shape index (κ1) is 30.4. The second-order valence-electron chi connectivity index (χ2n) is 11.1. The standard InChI is InChI=1S/C31H37IN2O5/c1-19(2)17-34(30(37)31(4,5)6)25-16-21(11-13-26(25)38-7)22(18-35)15-23-12-14-27(39-23)33-29(36)28-20(3)9-8-10-24(28)32/h8-14,16,18-19,22H,15,17H2,1-7H3,(H,33,36). The van der Waals surface area contributed by atoms with Crippen molar-refractivity contribution in [2.45, 2.75) is 53.9 Å². The van der Waals surface area contributed by atoms with E-state index < -0.39 is 11.3 Å². The summed E-state index contributed by atoms with van der Waals surface area (Å²) in [7, 11) is 1.57. The molecule has 39 heavy (non-hydrogen) atoms. The molecule has 0 radical (unpaired) electrons. The van der Waals surface area contributed by atoms with Gasteiger partial charge in [0.15, 0.2) is 5.88 Å². The molecular weight excluding hydrogens is 607 g/mol. The predicted molar refractivity (Wildman–Crippen MR) is 163 cm³/mol. The normalized spacial score (nSPS) is 12.2. The average Bonchev–Trinajstić information content (AvgIpc) is 3.31. The lowest BCUT2D eigenvalue weighted by molar-refractivity contribution is -0.125. The van der Waals surface area contributed by atoms with Gasteiger partial charge in [-0.05, 0) is 70.8 Å². The second-order valence-corrected chi connectivity index (χ2v) is 12.3. The van der Waals surface area contributed by atoms with Crippen molar-refractivity contribution in [3.8, 4) is 5.75 Å². The van der Waals surface area contributed by atoms with Crippen molar-refractivity contribution in [2.24, 2.45) is 11.3 Å². The van der Waals surface area contributed by atoms with E-state index in [9.17, 15) is 14.4 Å². The number of anilines is 2. The van der Waals surface area contributed by atoms with Crippen molar-refractivity contribution in [3.63, 3.8) is 0 Å². The fraction of sp³-hybridized carbons (Fsp3) is 0.387. The Labute approximate surface area is 244 Å². The lowest BCUT2D eigenvalue weighted by Gasteiger charge is -2.32. The Hall–Kier alpha value is -3.14. The molecule has 3 rings (SSSR count). The lowest BCUT2D eigenvalue weighted by atomic mass is 9.92. The third-order valence-electron chi connectivity index (χ3n) is 6.29. The summed E-state index contributed by atoms with van der Waals surface area (Å²) in [6, 6.07) is 14.6. The van der Waals surface area contributed by atoms with Gasteiger partial charge in [-0.15, -0.1) is 0 Å². The van der Waals surface area contributed by atoms with E-state index in [4.69, 9.17) is 9.15 Å². The first-order valence-electron chi connectivity index (χ1n) is 13.0. The molecule has 0 aliphatic rings.